The van der Waals surface area contributed by atoms with Crippen molar-refractivity contribution in [3.8, 4) is 0 Å². The molecule has 0 fully saturated rings. The predicted octanol–water partition coefficient (Wildman–Crippen LogP) is 2.21. The summed E-state index contributed by atoms with van der Waals surface area (Å²) in [5.74, 6) is 0.812. The fourth-order valence-electron chi connectivity index (χ4n) is 2.45. The molecule has 2 N–H and O–H groups in total. The van der Waals surface area contributed by atoms with Crippen LogP contribution in [0.15, 0.2) is 41.5 Å². The molecule has 0 aliphatic carbocycles. The summed E-state index contributed by atoms with van der Waals surface area (Å²) in [5.41, 5.74) is 1.13. The van der Waals surface area contributed by atoms with E-state index in [-0.39, 0.29) is 5.91 Å². The molecular formula is C19H27N5OS. The summed E-state index contributed by atoms with van der Waals surface area (Å²) in [6.07, 6.45) is 3.18. The van der Waals surface area contributed by atoms with Crippen LogP contribution in [-0.2, 0) is 17.8 Å². The van der Waals surface area contributed by atoms with Gasteiger partial charge in [0.1, 0.15) is 0 Å². The summed E-state index contributed by atoms with van der Waals surface area (Å²) < 4.78 is 0. The molecule has 0 spiro atoms. The van der Waals surface area contributed by atoms with Crippen molar-refractivity contribution < 1.29 is 4.79 Å². The molecule has 0 radical (unpaired) electrons. The number of carbonyl (C=O) groups excluding carboxylic acids is 1. The molecule has 0 saturated heterocycles. The van der Waals surface area contributed by atoms with Crippen molar-refractivity contribution in [1.29, 1.82) is 0 Å². The summed E-state index contributed by atoms with van der Waals surface area (Å²) in [4.78, 5) is 23.7. The number of aryl methyl sites for hydroxylation is 1. The zero-order valence-electron chi connectivity index (χ0n) is 15.7. The monoisotopic (exact) mass is 373 g/mol. The number of nitrogens with zero attached hydrogens (tertiary/aromatic N) is 3. The highest BCUT2D eigenvalue weighted by Gasteiger charge is 2.09. The Morgan fingerprint density at radius 1 is 1.23 bits per heavy atom. The number of carbonyl (C=O) groups is 1. The van der Waals surface area contributed by atoms with Crippen molar-refractivity contribution in [2.24, 2.45) is 4.99 Å². The van der Waals surface area contributed by atoms with Gasteiger partial charge in [0.25, 0.3) is 0 Å². The number of nitrogens with one attached hydrogen (secondary N) is 2. The van der Waals surface area contributed by atoms with Gasteiger partial charge in [-0.2, -0.15) is 0 Å². The van der Waals surface area contributed by atoms with Gasteiger partial charge in [-0.3, -0.25) is 9.79 Å². The molecule has 6 nitrogen and oxygen atoms in total. The first-order valence-electron chi connectivity index (χ1n) is 8.72. The van der Waals surface area contributed by atoms with E-state index in [2.05, 4.69) is 27.5 Å². The first-order valence-corrected chi connectivity index (χ1v) is 9.54. The SMILES string of the molecule is CN=C(NCCC(=O)N(C)Cc1ccccc1)NCCc1ncc(C)s1. The van der Waals surface area contributed by atoms with Crippen molar-refractivity contribution in [3.05, 3.63) is 52.0 Å². The lowest BCUT2D eigenvalue weighted by Crippen LogP contribution is -2.40. The quantitative estimate of drug-likeness (QED) is 0.550. The van der Waals surface area contributed by atoms with E-state index < -0.39 is 0 Å². The normalized spacial score (nSPS) is 11.3. The van der Waals surface area contributed by atoms with E-state index in [0.717, 1.165) is 23.5 Å². The first kappa shape index (κ1) is 19.9. The van der Waals surface area contributed by atoms with E-state index in [1.54, 1.807) is 23.3 Å². The molecule has 0 aliphatic heterocycles. The second kappa shape index (κ2) is 10.6. The number of thiazole rings is 1. The summed E-state index contributed by atoms with van der Waals surface area (Å²) in [7, 11) is 3.56. The van der Waals surface area contributed by atoms with Gasteiger partial charge in [-0.1, -0.05) is 30.3 Å². The molecule has 0 bridgehead atoms. The minimum absolute atomic E-state index is 0.107. The zero-order valence-corrected chi connectivity index (χ0v) is 16.5. The molecule has 0 saturated carbocycles. The van der Waals surface area contributed by atoms with Crippen molar-refractivity contribution in [3.63, 3.8) is 0 Å². The summed E-state index contributed by atoms with van der Waals surface area (Å²) in [6, 6.07) is 9.99. The summed E-state index contributed by atoms with van der Waals surface area (Å²) in [5, 5.41) is 7.55. The predicted molar refractivity (Wildman–Crippen MR) is 107 cm³/mol. The molecule has 1 heterocycles. The third-order valence-electron chi connectivity index (χ3n) is 3.84. The lowest BCUT2D eigenvalue weighted by atomic mass is 10.2. The van der Waals surface area contributed by atoms with Crippen LogP contribution in [-0.4, -0.2) is 48.9 Å². The van der Waals surface area contributed by atoms with Crippen molar-refractivity contribution >= 4 is 23.2 Å². The van der Waals surface area contributed by atoms with Crippen LogP contribution >= 0.6 is 11.3 Å². The zero-order chi connectivity index (χ0) is 18.8. The van der Waals surface area contributed by atoms with E-state index in [0.29, 0.717) is 25.5 Å². The third-order valence-corrected chi connectivity index (χ3v) is 4.82. The minimum atomic E-state index is 0.107. The maximum atomic E-state index is 12.2. The molecule has 1 amide bonds. The van der Waals surface area contributed by atoms with Gasteiger partial charge >= 0.3 is 0 Å². The number of amides is 1. The van der Waals surface area contributed by atoms with Gasteiger partial charge in [0, 0.05) is 57.6 Å². The van der Waals surface area contributed by atoms with E-state index >= 15 is 0 Å². The van der Waals surface area contributed by atoms with Crippen LogP contribution in [0.2, 0.25) is 0 Å². The highest BCUT2D eigenvalue weighted by molar-refractivity contribution is 7.11. The van der Waals surface area contributed by atoms with E-state index in [4.69, 9.17) is 0 Å². The molecule has 0 aliphatic rings. The van der Waals surface area contributed by atoms with Crippen LogP contribution in [0, 0.1) is 6.92 Å². The summed E-state index contributed by atoms with van der Waals surface area (Å²) >= 11 is 1.71. The molecule has 26 heavy (non-hydrogen) atoms. The second-order valence-electron chi connectivity index (χ2n) is 6.03. The number of benzene rings is 1. The van der Waals surface area contributed by atoms with E-state index in [9.17, 15) is 4.79 Å². The van der Waals surface area contributed by atoms with Gasteiger partial charge in [-0.05, 0) is 12.5 Å². The number of aliphatic imine (C=N–C) groups is 1. The molecule has 0 unspecified atom stereocenters. The standard InChI is InChI=1S/C19H27N5OS/c1-15-13-23-17(26-15)9-11-21-19(20-2)22-12-10-18(25)24(3)14-16-7-5-4-6-8-16/h4-8,13H,9-12,14H2,1-3H3,(H2,20,21,22). The maximum absolute atomic E-state index is 12.2. The Morgan fingerprint density at radius 3 is 2.62 bits per heavy atom. The lowest BCUT2D eigenvalue weighted by Gasteiger charge is -2.18. The Labute approximate surface area is 159 Å². The van der Waals surface area contributed by atoms with Gasteiger partial charge in [-0.15, -0.1) is 11.3 Å². The second-order valence-corrected chi connectivity index (χ2v) is 7.35. The van der Waals surface area contributed by atoms with Crippen LogP contribution in [0.1, 0.15) is 21.9 Å². The lowest BCUT2D eigenvalue weighted by molar-refractivity contribution is -0.130. The molecule has 1 aromatic carbocycles. The smallest absolute Gasteiger partial charge is 0.224 e. The third kappa shape index (κ3) is 6.84. The fraction of sp³-hybridized carbons (Fsp3) is 0.421. The first-order chi connectivity index (χ1) is 12.6. The van der Waals surface area contributed by atoms with Gasteiger partial charge in [0.05, 0.1) is 5.01 Å². The Balaban J connectivity index is 1.65. The Morgan fingerprint density at radius 2 is 1.96 bits per heavy atom. The Kier molecular flexibility index (Phi) is 8.08. The van der Waals surface area contributed by atoms with Crippen LogP contribution < -0.4 is 10.6 Å². The van der Waals surface area contributed by atoms with Gasteiger partial charge in [0.15, 0.2) is 5.96 Å². The molecule has 140 valence electrons. The van der Waals surface area contributed by atoms with E-state index in [1.165, 1.54) is 4.88 Å². The topological polar surface area (TPSA) is 69.6 Å². The number of aromatic nitrogens is 1. The Bertz CT molecular complexity index is 714. The van der Waals surface area contributed by atoms with E-state index in [1.807, 2.05) is 43.6 Å². The average molecular weight is 374 g/mol. The van der Waals surface area contributed by atoms with Crippen molar-refractivity contribution in [1.82, 2.24) is 20.5 Å². The largest absolute Gasteiger partial charge is 0.356 e. The molecule has 2 aromatic rings. The van der Waals surface area contributed by atoms with Crippen molar-refractivity contribution in [2.45, 2.75) is 26.3 Å². The number of hydrogen-bond donors (Lipinski definition) is 2. The molecule has 1 aromatic heterocycles. The number of hydrogen-bond acceptors (Lipinski definition) is 4. The molecule has 0 atom stereocenters. The Hall–Kier alpha value is -2.41. The molecule has 7 heteroatoms. The number of guanidine groups is 1. The number of rotatable bonds is 8. The van der Waals surface area contributed by atoms with Crippen LogP contribution in [0.5, 0.6) is 0 Å². The van der Waals surface area contributed by atoms with Gasteiger partial charge in [0.2, 0.25) is 5.91 Å². The highest BCUT2D eigenvalue weighted by atomic mass is 32.1. The fourth-order valence-corrected chi connectivity index (χ4v) is 3.24. The minimum Gasteiger partial charge on any atom is -0.356 e. The summed E-state index contributed by atoms with van der Waals surface area (Å²) in [6.45, 7) is 3.99. The maximum Gasteiger partial charge on any atom is 0.224 e. The van der Waals surface area contributed by atoms with Gasteiger partial charge in [-0.25, -0.2) is 4.98 Å². The van der Waals surface area contributed by atoms with Crippen LogP contribution in [0.4, 0.5) is 0 Å². The molecular weight excluding hydrogens is 346 g/mol. The van der Waals surface area contributed by atoms with Gasteiger partial charge < -0.3 is 15.5 Å². The average Bonchev–Trinajstić information content (AvgIpc) is 3.06. The highest BCUT2D eigenvalue weighted by Crippen LogP contribution is 2.10. The van der Waals surface area contributed by atoms with Crippen LogP contribution in [0.3, 0.4) is 0 Å². The van der Waals surface area contributed by atoms with Crippen LogP contribution in [0.25, 0.3) is 0 Å². The molecule has 2 rings (SSSR count). The van der Waals surface area contributed by atoms with Crippen molar-refractivity contribution in [2.75, 3.05) is 27.2 Å².